The van der Waals surface area contributed by atoms with Crippen LogP contribution in [0.4, 0.5) is 0 Å². The smallest absolute Gasteiger partial charge is 0.226 e. The Bertz CT molecular complexity index is 580. The van der Waals surface area contributed by atoms with Crippen molar-refractivity contribution in [1.29, 1.82) is 0 Å². The van der Waals surface area contributed by atoms with E-state index < -0.39 is 0 Å². The number of aliphatic hydroxyl groups is 1. The van der Waals surface area contributed by atoms with Crippen LogP contribution in [0.15, 0.2) is 34.7 Å². The molecule has 1 saturated heterocycles. The summed E-state index contributed by atoms with van der Waals surface area (Å²) >= 11 is 0. The van der Waals surface area contributed by atoms with Crippen LogP contribution < -0.4 is 0 Å². The number of hydrogen-bond acceptors (Lipinski definition) is 4. The van der Waals surface area contributed by atoms with Crippen LogP contribution in [0, 0.1) is 6.92 Å². The molecule has 112 valence electrons. The van der Waals surface area contributed by atoms with Crippen molar-refractivity contribution in [2.45, 2.75) is 38.8 Å². The molecule has 0 aliphatic carbocycles. The van der Waals surface area contributed by atoms with Gasteiger partial charge < -0.3 is 9.52 Å². The van der Waals surface area contributed by atoms with Gasteiger partial charge in [0.25, 0.3) is 0 Å². The van der Waals surface area contributed by atoms with Gasteiger partial charge >= 0.3 is 0 Å². The molecule has 0 saturated carbocycles. The quantitative estimate of drug-likeness (QED) is 0.938. The van der Waals surface area contributed by atoms with Gasteiger partial charge in [0.05, 0.1) is 12.3 Å². The summed E-state index contributed by atoms with van der Waals surface area (Å²) in [4.78, 5) is 6.98. The van der Waals surface area contributed by atoms with Crippen molar-refractivity contribution in [2.75, 3.05) is 13.2 Å². The molecule has 1 aliphatic rings. The first-order valence-corrected chi connectivity index (χ1v) is 7.64. The largest absolute Gasteiger partial charge is 0.441 e. The van der Waals surface area contributed by atoms with Crippen molar-refractivity contribution in [1.82, 2.24) is 9.88 Å². The summed E-state index contributed by atoms with van der Waals surface area (Å²) in [6.07, 6.45) is 3.46. The van der Waals surface area contributed by atoms with Gasteiger partial charge in [-0.05, 0) is 38.4 Å². The van der Waals surface area contributed by atoms with E-state index in [2.05, 4.69) is 9.88 Å². The van der Waals surface area contributed by atoms with Crippen molar-refractivity contribution < 1.29 is 9.52 Å². The molecule has 1 fully saturated rings. The van der Waals surface area contributed by atoms with Crippen LogP contribution in [0.2, 0.25) is 0 Å². The molecule has 0 bridgehead atoms. The lowest BCUT2D eigenvalue weighted by molar-refractivity contribution is 0.0828. The zero-order valence-corrected chi connectivity index (χ0v) is 12.5. The van der Waals surface area contributed by atoms with E-state index in [0.717, 1.165) is 36.5 Å². The van der Waals surface area contributed by atoms with Crippen molar-refractivity contribution in [3.05, 3.63) is 41.8 Å². The monoisotopic (exact) mass is 286 g/mol. The Morgan fingerprint density at radius 1 is 1.29 bits per heavy atom. The van der Waals surface area contributed by atoms with Crippen LogP contribution in [0.1, 0.15) is 30.7 Å². The predicted octanol–water partition coefficient (Wildman–Crippen LogP) is 3.00. The highest BCUT2D eigenvalue weighted by molar-refractivity contribution is 5.53. The summed E-state index contributed by atoms with van der Waals surface area (Å²) in [5, 5.41) is 9.51. The Morgan fingerprint density at radius 3 is 2.86 bits per heavy atom. The molecule has 1 aromatic carbocycles. The first-order valence-electron chi connectivity index (χ1n) is 7.64. The second-order valence-corrected chi connectivity index (χ2v) is 5.69. The van der Waals surface area contributed by atoms with Crippen molar-refractivity contribution in [2.24, 2.45) is 0 Å². The van der Waals surface area contributed by atoms with Gasteiger partial charge in [-0.2, -0.15) is 0 Å². The Kier molecular flexibility index (Phi) is 4.36. The Hall–Kier alpha value is -1.65. The lowest BCUT2D eigenvalue weighted by Crippen LogP contribution is -2.41. The van der Waals surface area contributed by atoms with Gasteiger partial charge in [-0.25, -0.2) is 4.98 Å². The van der Waals surface area contributed by atoms with E-state index in [-0.39, 0.29) is 12.6 Å². The molecule has 1 aromatic heterocycles. The highest BCUT2D eigenvalue weighted by Gasteiger charge is 2.23. The van der Waals surface area contributed by atoms with Crippen molar-refractivity contribution >= 4 is 0 Å². The van der Waals surface area contributed by atoms with Crippen LogP contribution >= 0.6 is 0 Å². The minimum Gasteiger partial charge on any atom is -0.441 e. The van der Waals surface area contributed by atoms with E-state index in [1.807, 2.05) is 37.3 Å². The highest BCUT2D eigenvalue weighted by atomic mass is 16.4. The first kappa shape index (κ1) is 14.3. The molecule has 2 aromatic rings. The number of aromatic nitrogens is 1. The van der Waals surface area contributed by atoms with Gasteiger partial charge in [-0.15, -0.1) is 0 Å². The van der Waals surface area contributed by atoms with E-state index in [1.165, 1.54) is 12.8 Å². The number of hydrogen-bond donors (Lipinski definition) is 1. The topological polar surface area (TPSA) is 49.5 Å². The van der Waals surface area contributed by atoms with Crippen LogP contribution in [0.25, 0.3) is 11.5 Å². The first-order chi connectivity index (χ1) is 10.3. The van der Waals surface area contributed by atoms with Gasteiger partial charge in [0.1, 0.15) is 5.76 Å². The minimum absolute atomic E-state index is 0.225. The number of oxazole rings is 1. The summed E-state index contributed by atoms with van der Waals surface area (Å²) in [7, 11) is 0. The zero-order valence-electron chi connectivity index (χ0n) is 12.5. The number of nitrogens with zero attached hydrogens (tertiary/aromatic N) is 2. The lowest BCUT2D eigenvalue weighted by Gasteiger charge is -2.33. The van der Waals surface area contributed by atoms with E-state index in [9.17, 15) is 5.11 Å². The maximum atomic E-state index is 9.51. The molecule has 2 heterocycles. The summed E-state index contributed by atoms with van der Waals surface area (Å²) in [6, 6.07) is 10.2. The molecule has 0 spiro atoms. The molecule has 3 rings (SSSR count). The average Bonchev–Trinajstić information content (AvgIpc) is 2.90. The van der Waals surface area contributed by atoms with E-state index in [1.54, 1.807) is 0 Å². The van der Waals surface area contributed by atoms with Crippen LogP contribution in [-0.2, 0) is 6.54 Å². The van der Waals surface area contributed by atoms with Crippen LogP contribution in [0.5, 0.6) is 0 Å². The fourth-order valence-corrected chi connectivity index (χ4v) is 2.95. The van der Waals surface area contributed by atoms with E-state index >= 15 is 0 Å². The standard InChI is InChI=1S/C17H22N2O2/c1-13-16(11-19-10-6-5-9-15(19)12-20)18-17(21-13)14-7-3-2-4-8-14/h2-4,7-8,15,20H,5-6,9-12H2,1H3. The Labute approximate surface area is 125 Å². The number of aryl methyl sites for hydroxylation is 1. The second-order valence-electron chi connectivity index (χ2n) is 5.69. The molecule has 1 aliphatic heterocycles. The molecule has 1 atom stereocenters. The van der Waals surface area contributed by atoms with E-state index in [0.29, 0.717) is 5.89 Å². The SMILES string of the molecule is Cc1oc(-c2ccccc2)nc1CN1CCCCC1CO. The summed E-state index contributed by atoms with van der Waals surface area (Å²) in [6.45, 7) is 3.97. The fraction of sp³-hybridized carbons (Fsp3) is 0.471. The third-order valence-corrected chi connectivity index (χ3v) is 4.23. The third kappa shape index (κ3) is 3.17. The number of rotatable bonds is 4. The zero-order chi connectivity index (χ0) is 14.7. The van der Waals surface area contributed by atoms with Gasteiger partial charge in [0, 0.05) is 18.2 Å². The fourth-order valence-electron chi connectivity index (χ4n) is 2.95. The third-order valence-electron chi connectivity index (χ3n) is 4.23. The molecular formula is C17H22N2O2. The van der Waals surface area contributed by atoms with Gasteiger partial charge in [-0.1, -0.05) is 24.6 Å². The molecule has 1 N–H and O–H groups in total. The highest BCUT2D eigenvalue weighted by Crippen LogP contribution is 2.24. The molecule has 4 heteroatoms. The number of likely N-dealkylation sites (tertiary alicyclic amines) is 1. The lowest BCUT2D eigenvalue weighted by atomic mass is 10.0. The van der Waals surface area contributed by atoms with Crippen molar-refractivity contribution in [3.8, 4) is 11.5 Å². The maximum Gasteiger partial charge on any atom is 0.226 e. The summed E-state index contributed by atoms with van der Waals surface area (Å²) in [5.41, 5.74) is 1.98. The van der Waals surface area contributed by atoms with E-state index in [4.69, 9.17) is 4.42 Å². The van der Waals surface area contributed by atoms with Crippen molar-refractivity contribution in [3.63, 3.8) is 0 Å². The van der Waals surface area contributed by atoms with Crippen LogP contribution in [0.3, 0.4) is 0 Å². The Morgan fingerprint density at radius 2 is 2.10 bits per heavy atom. The molecule has 21 heavy (non-hydrogen) atoms. The minimum atomic E-state index is 0.225. The molecule has 4 nitrogen and oxygen atoms in total. The van der Waals surface area contributed by atoms with Gasteiger partial charge in [-0.3, -0.25) is 4.90 Å². The van der Waals surface area contributed by atoms with Crippen LogP contribution in [-0.4, -0.2) is 34.2 Å². The summed E-state index contributed by atoms with van der Waals surface area (Å²) < 4.78 is 5.81. The summed E-state index contributed by atoms with van der Waals surface area (Å²) in [5.74, 6) is 1.55. The van der Waals surface area contributed by atoms with Gasteiger partial charge in [0.2, 0.25) is 5.89 Å². The maximum absolute atomic E-state index is 9.51. The second kappa shape index (κ2) is 6.41. The number of aliphatic hydroxyl groups excluding tert-OH is 1. The average molecular weight is 286 g/mol. The normalized spacial score (nSPS) is 19.8. The predicted molar refractivity (Wildman–Crippen MR) is 81.8 cm³/mol. The number of piperidine rings is 1. The molecule has 1 unspecified atom stereocenters. The molecule has 0 amide bonds. The number of benzene rings is 1. The molecule has 0 radical (unpaired) electrons. The Balaban J connectivity index is 1.78. The van der Waals surface area contributed by atoms with Gasteiger partial charge in [0.15, 0.2) is 0 Å². The molecular weight excluding hydrogens is 264 g/mol.